The zero-order valence-electron chi connectivity index (χ0n) is 13.4. The second-order valence-corrected chi connectivity index (χ2v) is 8.56. The summed E-state index contributed by atoms with van der Waals surface area (Å²) in [7, 11) is 0. The van der Waals surface area contributed by atoms with Crippen molar-refractivity contribution in [3.05, 3.63) is 11.1 Å². The van der Waals surface area contributed by atoms with Crippen molar-refractivity contribution >= 4 is 0 Å². The van der Waals surface area contributed by atoms with E-state index in [-0.39, 0.29) is 5.95 Å². The summed E-state index contributed by atoms with van der Waals surface area (Å²) in [6.07, 6.45) is 6.54. The van der Waals surface area contributed by atoms with E-state index in [0.29, 0.717) is 23.0 Å². The lowest BCUT2D eigenvalue weighted by Crippen LogP contribution is -2.38. The van der Waals surface area contributed by atoms with Crippen LogP contribution in [-0.2, 0) is 6.42 Å². The predicted octanol–water partition coefficient (Wildman–Crippen LogP) is 2.84. The van der Waals surface area contributed by atoms with Gasteiger partial charge in [-0.25, -0.2) is 0 Å². The zero-order chi connectivity index (χ0) is 15.2. The van der Waals surface area contributed by atoms with Gasteiger partial charge in [0.05, 0.1) is 11.9 Å². The SMILES string of the molecule is Cc1c([O-])oc([O-])c1CC1C(C)C2CC1C1C3CCC(C3)C21. The average molecular weight is 300 g/mol. The van der Waals surface area contributed by atoms with Gasteiger partial charge in [0, 0.05) is 0 Å². The molecule has 4 fully saturated rings. The number of furan rings is 1. The molecule has 3 heteroatoms. The highest BCUT2D eigenvalue weighted by atomic mass is 16.5. The standard InChI is InChI=1S/C19H26O3/c1-8-12(6-14-9(2)18(20)22-19(14)21)15-7-13(8)16-10-3-4-11(5-10)17(15)16/h8,10-13,15-17,20-21H,3-7H2,1-2H3/p-2. The normalized spacial score (nSPS) is 48.3. The Morgan fingerprint density at radius 3 is 2.32 bits per heavy atom. The van der Waals surface area contributed by atoms with Crippen LogP contribution >= 0.6 is 0 Å². The maximum atomic E-state index is 12.0. The van der Waals surface area contributed by atoms with Gasteiger partial charge in [0.2, 0.25) is 0 Å². The first kappa shape index (κ1) is 13.3. The first-order valence-corrected chi connectivity index (χ1v) is 9.02. The van der Waals surface area contributed by atoms with E-state index in [1.165, 1.54) is 25.7 Å². The van der Waals surface area contributed by atoms with Crippen LogP contribution in [0.3, 0.4) is 0 Å². The van der Waals surface area contributed by atoms with Crippen molar-refractivity contribution in [2.75, 3.05) is 0 Å². The molecule has 0 saturated heterocycles. The lowest BCUT2D eigenvalue weighted by Gasteiger charge is -2.42. The molecule has 8 atom stereocenters. The van der Waals surface area contributed by atoms with Crippen molar-refractivity contribution in [3.8, 4) is 11.9 Å². The molecule has 1 aromatic heterocycles. The maximum Gasteiger partial charge on any atom is 0.0600 e. The summed E-state index contributed by atoms with van der Waals surface area (Å²) in [5, 5.41) is 23.5. The zero-order valence-corrected chi connectivity index (χ0v) is 13.4. The fraction of sp³-hybridized carbons (Fsp3) is 0.789. The van der Waals surface area contributed by atoms with Crippen LogP contribution < -0.4 is 10.2 Å². The van der Waals surface area contributed by atoms with Crippen molar-refractivity contribution in [2.45, 2.75) is 46.0 Å². The molecular weight excluding hydrogens is 276 g/mol. The minimum atomic E-state index is -0.423. The Balaban J connectivity index is 1.45. The molecule has 4 bridgehead atoms. The third kappa shape index (κ3) is 1.48. The van der Waals surface area contributed by atoms with Crippen LogP contribution in [-0.4, -0.2) is 0 Å². The molecule has 0 aromatic carbocycles. The van der Waals surface area contributed by atoms with E-state index >= 15 is 0 Å². The summed E-state index contributed by atoms with van der Waals surface area (Å²) in [4.78, 5) is 0. The Labute approximate surface area is 131 Å². The van der Waals surface area contributed by atoms with Gasteiger partial charge in [0.15, 0.2) is 0 Å². The average Bonchev–Trinajstić information content (AvgIpc) is 3.24. The van der Waals surface area contributed by atoms with Gasteiger partial charge < -0.3 is 14.6 Å². The summed E-state index contributed by atoms with van der Waals surface area (Å²) >= 11 is 0. The van der Waals surface area contributed by atoms with E-state index in [2.05, 4.69) is 6.92 Å². The van der Waals surface area contributed by atoms with Crippen LogP contribution in [0.25, 0.3) is 0 Å². The van der Waals surface area contributed by atoms with Crippen LogP contribution in [0.5, 0.6) is 11.9 Å². The molecule has 8 unspecified atom stereocenters. The lowest BCUT2D eigenvalue weighted by molar-refractivity contribution is -0.324. The second kappa shape index (κ2) is 4.24. The summed E-state index contributed by atoms with van der Waals surface area (Å²) in [6, 6.07) is 0. The Bertz CT molecular complexity index is 618. The number of rotatable bonds is 2. The minimum Gasteiger partial charge on any atom is -0.572 e. The molecule has 22 heavy (non-hydrogen) atoms. The van der Waals surface area contributed by atoms with Gasteiger partial charge in [0.25, 0.3) is 0 Å². The predicted molar refractivity (Wildman–Crippen MR) is 78.1 cm³/mol. The van der Waals surface area contributed by atoms with Gasteiger partial charge in [-0.1, -0.05) is 6.92 Å². The van der Waals surface area contributed by atoms with Crippen LogP contribution in [0.1, 0.15) is 43.7 Å². The van der Waals surface area contributed by atoms with Crippen molar-refractivity contribution in [1.82, 2.24) is 0 Å². The number of hydrogen-bond acceptors (Lipinski definition) is 3. The fourth-order valence-electron chi connectivity index (χ4n) is 7.32. The van der Waals surface area contributed by atoms with E-state index in [4.69, 9.17) is 4.42 Å². The lowest BCUT2D eigenvalue weighted by atomic mass is 9.63. The highest BCUT2D eigenvalue weighted by Crippen LogP contribution is 2.70. The van der Waals surface area contributed by atoms with Crippen molar-refractivity contribution in [1.29, 1.82) is 0 Å². The first-order chi connectivity index (χ1) is 10.6. The second-order valence-electron chi connectivity index (χ2n) is 8.56. The first-order valence-electron chi connectivity index (χ1n) is 9.02. The molecule has 1 heterocycles. The Morgan fingerprint density at radius 1 is 1.00 bits per heavy atom. The minimum absolute atomic E-state index is 0.373. The molecule has 5 rings (SSSR count). The van der Waals surface area contributed by atoms with Gasteiger partial charge in [-0.15, -0.1) is 0 Å². The van der Waals surface area contributed by atoms with Crippen molar-refractivity contribution in [2.24, 2.45) is 47.3 Å². The Kier molecular flexibility index (Phi) is 2.57. The monoisotopic (exact) mass is 300 g/mol. The van der Waals surface area contributed by atoms with E-state index in [1.54, 1.807) is 6.92 Å². The van der Waals surface area contributed by atoms with Gasteiger partial charge in [-0.05, 0) is 97.5 Å². The molecule has 4 aliphatic rings. The summed E-state index contributed by atoms with van der Waals surface area (Å²) in [5.74, 6) is 6.06. The van der Waals surface area contributed by atoms with Crippen molar-refractivity contribution < 1.29 is 14.6 Å². The molecule has 0 spiro atoms. The van der Waals surface area contributed by atoms with Crippen LogP contribution in [0, 0.1) is 54.3 Å². The molecule has 4 aliphatic carbocycles. The molecule has 120 valence electrons. The fourth-order valence-corrected chi connectivity index (χ4v) is 7.32. The van der Waals surface area contributed by atoms with Crippen LogP contribution in [0.15, 0.2) is 4.42 Å². The topological polar surface area (TPSA) is 59.3 Å². The highest BCUT2D eigenvalue weighted by Gasteiger charge is 2.64. The molecular formula is C19H24O3-2. The Morgan fingerprint density at radius 2 is 1.68 bits per heavy atom. The van der Waals surface area contributed by atoms with E-state index < -0.39 is 5.95 Å². The molecule has 3 nitrogen and oxygen atoms in total. The van der Waals surface area contributed by atoms with Crippen LogP contribution in [0.4, 0.5) is 0 Å². The number of fused-ring (bicyclic) bond motifs is 9. The third-order valence-electron chi connectivity index (χ3n) is 8.11. The summed E-state index contributed by atoms with van der Waals surface area (Å²) < 4.78 is 4.80. The third-order valence-corrected chi connectivity index (χ3v) is 8.11. The molecule has 0 N–H and O–H groups in total. The number of hydrogen-bond donors (Lipinski definition) is 0. The van der Waals surface area contributed by atoms with Crippen LogP contribution in [0.2, 0.25) is 0 Å². The van der Waals surface area contributed by atoms with E-state index in [1.807, 2.05) is 0 Å². The molecule has 4 saturated carbocycles. The molecule has 0 amide bonds. The highest BCUT2D eigenvalue weighted by molar-refractivity contribution is 5.38. The molecule has 1 aromatic rings. The maximum absolute atomic E-state index is 12.0. The smallest absolute Gasteiger partial charge is 0.0600 e. The van der Waals surface area contributed by atoms with Gasteiger partial charge in [-0.3, -0.25) is 0 Å². The summed E-state index contributed by atoms with van der Waals surface area (Å²) in [5.41, 5.74) is 1.23. The Hall–Kier alpha value is -1.12. The van der Waals surface area contributed by atoms with Gasteiger partial charge in [0.1, 0.15) is 0 Å². The van der Waals surface area contributed by atoms with E-state index in [0.717, 1.165) is 41.9 Å². The van der Waals surface area contributed by atoms with Gasteiger partial charge >= 0.3 is 0 Å². The largest absolute Gasteiger partial charge is 0.572 e. The van der Waals surface area contributed by atoms with Crippen molar-refractivity contribution in [3.63, 3.8) is 0 Å². The van der Waals surface area contributed by atoms with E-state index in [9.17, 15) is 10.2 Å². The van der Waals surface area contributed by atoms with Gasteiger partial charge in [-0.2, -0.15) is 0 Å². The quantitative estimate of drug-likeness (QED) is 0.789. The summed E-state index contributed by atoms with van der Waals surface area (Å²) in [6.45, 7) is 4.15. The molecule has 0 radical (unpaired) electrons. The molecule has 0 aliphatic heterocycles.